The molecule has 0 amide bonds. The van der Waals surface area contributed by atoms with Gasteiger partial charge in [0.2, 0.25) is 5.89 Å². The number of hydrogen-bond acceptors (Lipinski definition) is 6. The van der Waals surface area contributed by atoms with E-state index in [4.69, 9.17) is 9.52 Å². The van der Waals surface area contributed by atoms with Crippen LogP contribution in [0.2, 0.25) is 0 Å². The van der Waals surface area contributed by atoms with Gasteiger partial charge < -0.3 is 15.3 Å². The maximum Gasteiger partial charge on any atom is 0.218 e. The molecule has 6 heteroatoms. The van der Waals surface area contributed by atoms with Gasteiger partial charge in [-0.3, -0.25) is 4.99 Å². The Bertz CT molecular complexity index is 1060. The largest absolute Gasteiger partial charge is 0.441 e. The monoisotopic (exact) mass is 437 g/mol. The quantitative estimate of drug-likeness (QED) is 0.213. The topological polar surface area (TPSA) is 84.6 Å². The number of nitrogens with zero attached hydrogens (tertiary/aromatic N) is 2. The summed E-state index contributed by atoms with van der Waals surface area (Å²) in [5.41, 5.74) is 5.85. The molecule has 0 spiro atoms. The highest BCUT2D eigenvalue weighted by Gasteiger charge is 2.18. The van der Waals surface area contributed by atoms with Gasteiger partial charge in [0.15, 0.2) is 0 Å². The van der Waals surface area contributed by atoms with Crippen LogP contribution >= 0.6 is 12.6 Å². The Kier molecular flexibility index (Phi) is 9.24. The van der Waals surface area contributed by atoms with Crippen molar-refractivity contribution in [2.45, 2.75) is 45.8 Å². The van der Waals surface area contributed by atoms with Gasteiger partial charge in [-0.05, 0) is 29.3 Å². The molecule has 0 saturated heterocycles. The van der Waals surface area contributed by atoms with Crippen LogP contribution in [-0.2, 0) is 11.8 Å². The van der Waals surface area contributed by atoms with Crippen LogP contribution in [0.15, 0.2) is 75.3 Å². The first kappa shape index (κ1) is 24.6. The van der Waals surface area contributed by atoms with Crippen LogP contribution in [0.4, 0.5) is 0 Å². The molecular formula is C25H31N3O2S. The molecule has 3 rings (SSSR count). The first-order valence-corrected chi connectivity index (χ1v) is 10.6. The Morgan fingerprint density at radius 3 is 2.55 bits per heavy atom. The number of aliphatic imine (C=N–C) groups is 1. The molecule has 164 valence electrons. The van der Waals surface area contributed by atoms with E-state index >= 15 is 0 Å². The van der Waals surface area contributed by atoms with E-state index in [1.54, 1.807) is 18.5 Å². The molecule has 0 aliphatic carbocycles. The number of hydrogen-bond donors (Lipinski definition) is 3. The van der Waals surface area contributed by atoms with Crippen molar-refractivity contribution < 1.29 is 9.52 Å². The molecule has 3 N–H and O–H groups in total. The third-order valence-electron chi connectivity index (χ3n) is 4.11. The minimum atomic E-state index is -0.667. The van der Waals surface area contributed by atoms with E-state index in [0.29, 0.717) is 5.89 Å². The fourth-order valence-electron chi connectivity index (χ4n) is 2.56. The van der Waals surface area contributed by atoms with E-state index in [9.17, 15) is 0 Å². The molecule has 1 heterocycles. The maximum absolute atomic E-state index is 7.83. The second-order valence-corrected chi connectivity index (χ2v) is 8.67. The molecule has 31 heavy (non-hydrogen) atoms. The normalized spacial score (nSPS) is 13.6. The Morgan fingerprint density at radius 1 is 1.23 bits per heavy atom. The van der Waals surface area contributed by atoms with Gasteiger partial charge >= 0.3 is 0 Å². The lowest BCUT2D eigenvalue weighted by atomic mass is 9.94. The minimum Gasteiger partial charge on any atom is -0.441 e. The molecule has 1 aromatic heterocycles. The number of fused-ring (bicyclic) bond motifs is 1. The SMILES string of the molecule is CC(C)(C)c1cnc(/C=C\C(S)=C\N=CCc2ccc3ccccc3c2)o1.CC(N)O. The highest BCUT2D eigenvalue weighted by Crippen LogP contribution is 2.23. The number of aromatic nitrogens is 1. The molecule has 1 unspecified atom stereocenters. The number of aliphatic hydroxyl groups excluding tert-OH is 1. The van der Waals surface area contributed by atoms with Crippen molar-refractivity contribution >= 4 is 35.7 Å². The lowest BCUT2D eigenvalue weighted by molar-refractivity contribution is 0.203. The summed E-state index contributed by atoms with van der Waals surface area (Å²) in [5.74, 6) is 1.43. The number of benzene rings is 2. The molecule has 0 bridgehead atoms. The zero-order chi connectivity index (χ0) is 22.9. The second-order valence-electron chi connectivity index (χ2n) is 8.16. The molecular weight excluding hydrogens is 406 g/mol. The molecule has 0 fully saturated rings. The average Bonchev–Trinajstić information content (AvgIpc) is 3.19. The maximum atomic E-state index is 7.83. The lowest BCUT2D eigenvalue weighted by Gasteiger charge is -2.12. The molecule has 2 aromatic carbocycles. The zero-order valence-electron chi connectivity index (χ0n) is 18.5. The predicted molar refractivity (Wildman–Crippen MR) is 133 cm³/mol. The van der Waals surface area contributed by atoms with Crippen molar-refractivity contribution in [2.75, 3.05) is 0 Å². The van der Waals surface area contributed by atoms with Crippen LogP contribution in [0, 0.1) is 0 Å². The van der Waals surface area contributed by atoms with Gasteiger partial charge in [-0.25, -0.2) is 4.98 Å². The predicted octanol–water partition coefficient (Wildman–Crippen LogP) is 5.51. The minimum absolute atomic E-state index is 0.0498. The van der Waals surface area contributed by atoms with E-state index in [2.05, 4.69) is 91.6 Å². The van der Waals surface area contributed by atoms with Crippen molar-refractivity contribution in [2.24, 2.45) is 10.7 Å². The Hall–Kier alpha value is -2.67. The van der Waals surface area contributed by atoms with Crippen LogP contribution in [0.25, 0.3) is 16.8 Å². The highest BCUT2D eigenvalue weighted by molar-refractivity contribution is 7.84. The van der Waals surface area contributed by atoms with Crippen LogP contribution in [0.1, 0.15) is 44.9 Å². The summed E-state index contributed by atoms with van der Waals surface area (Å²) in [7, 11) is 0. The third-order valence-corrected chi connectivity index (χ3v) is 4.38. The summed E-state index contributed by atoms with van der Waals surface area (Å²) >= 11 is 4.42. The van der Waals surface area contributed by atoms with Gasteiger partial charge in [0.1, 0.15) is 5.76 Å². The van der Waals surface area contributed by atoms with E-state index in [1.165, 1.54) is 23.3 Å². The van der Waals surface area contributed by atoms with Gasteiger partial charge in [0.05, 0.1) is 12.4 Å². The summed E-state index contributed by atoms with van der Waals surface area (Å²) in [6.45, 7) is 7.78. The van der Waals surface area contributed by atoms with Crippen LogP contribution in [0.5, 0.6) is 0 Å². The van der Waals surface area contributed by atoms with Crippen molar-refractivity contribution in [3.05, 3.63) is 83.1 Å². The van der Waals surface area contributed by atoms with Gasteiger partial charge in [-0.15, -0.1) is 12.6 Å². The van der Waals surface area contributed by atoms with Crippen LogP contribution in [0.3, 0.4) is 0 Å². The lowest BCUT2D eigenvalue weighted by Crippen LogP contribution is -2.11. The van der Waals surface area contributed by atoms with Gasteiger partial charge in [-0.2, -0.15) is 0 Å². The second kappa shape index (κ2) is 11.6. The molecule has 0 aliphatic rings. The first-order chi connectivity index (χ1) is 14.6. The van der Waals surface area contributed by atoms with E-state index < -0.39 is 6.23 Å². The zero-order valence-corrected chi connectivity index (χ0v) is 19.4. The molecule has 3 aromatic rings. The standard InChI is InChI=1S/C23H24N2OS.C2H7NO/c1-23(2,3)21-16-25-22(26-21)11-10-20(27)15-24-13-12-17-8-9-18-6-4-5-7-19(18)14-17;1-2(3)4/h4-11,13-16,27H,12H2,1-3H3;2,4H,3H2,1H3/b11-10-,20-15-,24-13?;. The number of rotatable bonds is 5. The number of thiol groups is 1. The summed E-state index contributed by atoms with van der Waals surface area (Å²) in [5, 5.41) is 10.3. The summed E-state index contributed by atoms with van der Waals surface area (Å²) in [4.78, 5) is 9.34. The van der Waals surface area contributed by atoms with E-state index in [1.807, 2.05) is 12.3 Å². The van der Waals surface area contributed by atoms with Gasteiger partial charge in [0, 0.05) is 35.2 Å². The summed E-state index contributed by atoms with van der Waals surface area (Å²) in [6.07, 6.45) is 9.11. The van der Waals surface area contributed by atoms with Crippen molar-refractivity contribution in [3.63, 3.8) is 0 Å². The molecule has 0 aliphatic heterocycles. The van der Waals surface area contributed by atoms with Crippen LogP contribution < -0.4 is 5.73 Å². The van der Waals surface area contributed by atoms with E-state index in [-0.39, 0.29) is 5.41 Å². The molecule has 0 saturated carbocycles. The van der Waals surface area contributed by atoms with Crippen molar-refractivity contribution in [1.82, 2.24) is 4.98 Å². The smallest absolute Gasteiger partial charge is 0.218 e. The molecule has 5 nitrogen and oxygen atoms in total. The Balaban J connectivity index is 0.000000785. The number of allylic oxidation sites excluding steroid dienone is 1. The fraction of sp³-hybridized carbons (Fsp3) is 0.280. The third kappa shape index (κ3) is 8.92. The molecule has 1 atom stereocenters. The van der Waals surface area contributed by atoms with Crippen LogP contribution in [-0.4, -0.2) is 22.5 Å². The number of oxazole rings is 1. The number of nitrogens with two attached hydrogens (primary N) is 1. The van der Waals surface area contributed by atoms with E-state index in [0.717, 1.165) is 17.1 Å². The summed E-state index contributed by atoms with van der Waals surface area (Å²) in [6, 6.07) is 14.8. The Morgan fingerprint density at radius 2 is 1.90 bits per heavy atom. The van der Waals surface area contributed by atoms with Gasteiger partial charge in [0.25, 0.3) is 0 Å². The number of aliphatic hydroxyl groups is 1. The Labute approximate surface area is 189 Å². The average molecular weight is 438 g/mol. The molecule has 0 radical (unpaired) electrons. The fourth-order valence-corrected chi connectivity index (χ4v) is 2.71. The summed E-state index contributed by atoms with van der Waals surface area (Å²) < 4.78 is 5.72. The van der Waals surface area contributed by atoms with Crippen molar-refractivity contribution in [3.8, 4) is 0 Å². The van der Waals surface area contributed by atoms with Gasteiger partial charge in [-0.1, -0.05) is 63.2 Å². The van der Waals surface area contributed by atoms with Crippen molar-refractivity contribution in [1.29, 1.82) is 0 Å². The first-order valence-electron chi connectivity index (χ1n) is 10.1. The highest BCUT2D eigenvalue weighted by atomic mass is 32.1.